The number of aromatic hydroxyl groups is 1. The number of amides is 1. The molecule has 0 aliphatic rings. The minimum absolute atomic E-state index is 0.0149. The zero-order valence-electron chi connectivity index (χ0n) is 13.4. The highest BCUT2D eigenvalue weighted by molar-refractivity contribution is 7.21. The van der Waals surface area contributed by atoms with Gasteiger partial charge in [-0.1, -0.05) is 18.2 Å². The van der Waals surface area contributed by atoms with Crippen LogP contribution < -0.4 is 5.32 Å². The Kier molecular flexibility index (Phi) is 4.10. The van der Waals surface area contributed by atoms with Gasteiger partial charge in [0.2, 0.25) is 0 Å². The molecule has 4 nitrogen and oxygen atoms in total. The highest BCUT2D eigenvalue weighted by atomic mass is 32.1. The monoisotopic (exact) mass is 364 g/mol. The van der Waals surface area contributed by atoms with Crippen molar-refractivity contribution < 1.29 is 14.3 Å². The van der Waals surface area contributed by atoms with Crippen molar-refractivity contribution in [1.29, 1.82) is 0 Å². The molecule has 0 saturated heterocycles. The molecule has 3 aromatic carbocycles. The van der Waals surface area contributed by atoms with E-state index in [1.54, 1.807) is 12.1 Å². The lowest BCUT2D eigenvalue weighted by Crippen LogP contribution is -2.11. The number of hydrogen-bond donors (Lipinski definition) is 2. The van der Waals surface area contributed by atoms with Gasteiger partial charge in [-0.2, -0.15) is 0 Å². The number of phenols is 1. The summed E-state index contributed by atoms with van der Waals surface area (Å²) in [6, 6.07) is 18.0. The van der Waals surface area contributed by atoms with Gasteiger partial charge >= 0.3 is 0 Å². The van der Waals surface area contributed by atoms with Gasteiger partial charge in [0.25, 0.3) is 5.91 Å². The van der Waals surface area contributed by atoms with Gasteiger partial charge in [0.05, 0.1) is 15.8 Å². The molecule has 2 N–H and O–H groups in total. The van der Waals surface area contributed by atoms with E-state index >= 15 is 0 Å². The minimum Gasteiger partial charge on any atom is -0.507 e. The van der Waals surface area contributed by atoms with E-state index in [9.17, 15) is 14.3 Å². The quantitative estimate of drug-likeness (QED) is 0.534. The van der Waals surface area contributed by atoms with E-state index in [2.05, 4.69) is 10.3 Å². The van der Waals surface area contributed by atoms with Crippen molar-refractivity contribution in [3.8, 4) is 16.3 Å². The Hall–Kier alpha value is -3.25. The zero-order valence-corrected chi connectivity index (χ0v) is 14.3. The number of nitrogens with one attached hydrogen (secondary N) is 1. The number of carbonyl (C=O) groups excluding carboxylic acids is 1. The third kappa shape index (κ3) is 3.14. The largest absolute Gasteiger partial charge is 0.507 e. The molecule has 128 valence electrons. The smallest absolute Gasteiger partial charge is 0.255 e. The Morgan fingerprint density at radius 1 is 1.04 bits per heavy atom. The molecule has 0 fully saturated rings. The van der Waals surface area contributed by atoms with Crippen molar-refractivity contribution in [1.82, 2.24) is 4.98 Å². The molecule has 6 heteroatoms. The highest BCUT2D eigenvalue weighted by Gasteiger charge is 2.12. The van der Waals surface area contributed by atoms with Gasteiger partial charge in [-0.05, 0) is 42.5 Å². The average Bonchev–Trinajstić information content (AvgIpc) is 3.05. The van der Waals surface area contributed by atoms with Crippen molar-refractivity contribution in [2.24, 2.45) is 0 Å². The zero-order chi connectivity index (χ0) is 18.1. The van der Waals surface area contributed by atoms with Crippen LogP contribution in [0.5, 0.6) is 5.75 Å². The fourth-order valence-corrected chi connectivity index (χ4v) is 3.61. The lowest BCUT2D eigenvalue weighted by molar-refractivity contribution is 0.102. The Balaban J connectivity index is 1.60. The van der Waals surface area contributed by atoms with E-state index in [0.717, 1.165) is 16.3 Å². The van der Waals surface area contributed by atoms with E-state index in [0.29, 0.717) is 16.3 Å². The van der Waals surface area contributed by atoms with Crippen LogP contribution in [0.2, 0.25) is 0 Å². The molecule has 4 rings (SSSR count). The molecular formula is C20H13FN2O2S. The van der Waals surface area contributed by atoms with Crippen LogP contribution in [-0.4, -0.2) is 16.0 Å². The van der Waals surface area contributed by atoms with Crippen molar-refractivity contribution >= 4 is 33.1 Å². The van der Waals surface area contributed by atoms with E-state index in [1.807, 2.05) is 24.3 Å². The summed E-state index contributed by atoms with van der Waals surface area (Å²) in [4.78, 5) is 16.7. The number of carbonyl (C=O) groups is 1. The first-order valence-corrected chi connectivity index (χ1v) is 8.68. The molecule has 0 spiro atoms. The van der Waals surface area contributed by atoms with Gasteiger partial charge < -0.3 is 10.4 Å². The Labute approximate surface area is 152 Å². The maximum atomic E-state index is 13.2. The third-order valence-electron chi connectivity index (χ3n) is 3.87. The third-order valence-corrected chi connectivity index (χ3v) is 4.94. The lowest BCUT2D eigenvalue weighted by Gasteiger charge is -2.08. The van der Waals surface area contributed by atoms with Crippen molar-refractivity contribution in [3.05, 3.63) is 78.1 Å². The van der Waals surface area contributed by atoms with Crippen LogP contribution in [0.3, 0.4) is 0 Å². The number of phenolic OH excluding ortho intramolecular Hbond substituents is 1. The molecule has 0 unspecified atom stereocenters. The number of fused-ring (bicyclic) bond motifs is 1. The normalized spacial score (nSPS) is 10.8. The van der Waals surface area contributed by atoms with E-state index in [-0.39, 0.29) is 11.3 Å². The van der Waals surface area contributed by atoms with Crippen LogP contribution in [0.4, 0.5) is 10.1 Å². The summed E-state index contributed by atoms with van der Waals surface area (Å²) >= 11 is 1.48. The highest BCUT2D eigenvalue weighted by Crippen LogP contribution is 2.36. The van der Waals surface area contributed by atoms with Crippen LogP contribution >= 0.6 is 11.3 Å². The molecule has 1 heterocycles. The van der Waals surface area contributed by atoms with E-state index in [1.165, 1.54) is 35.6 Å². The maximum Gasteiger partial charge on any atom is 0.255 e. The van der Waals surface area contributed by atoms with Gasteiger partial charge in [-0.25, -0.2) is 9.37 Å². The number of halogens is 1. The summed E-state index contributed by atoms with van der Waals surface area (Å²) in [6.45, 7) is 0. The molecular weight excluding hydrogens is 351 g/mol. The summed E-state index contributed by atoms with van der Waals surface area (Å²) in [7, 11) is 0. The minimum atomic E-state index is -0.480. The molecule has 0 aliphatic heterocycles. The number of aromatic nitrogens is 1. The van der Waals surface area contributed by atoms with Gasteiger partial charge in [0.1, 0.15) is 16.6 Å². The van der Waals surface area contributed by atoms with Gasteiger partial charge in [0, 0.05) is 17.3 Å². The number of nitrogens with zero attached hydrogens (tertiary/aromatic N) is 1. The molecule has 0 atom stereocenters. The second-order valence-corrected chi connectivity index (χ2v) is 6.71. The van der Waals surface area contributed by atoms with Crippen molar-refractivity contribution in [3.63, 3.8) is 0 Å². The molecule has 1 amide bonds. The molecule has 4 aromatic rings. The number of para-hydroxylation sites is 1. The first kappa shape index (κ1) is 16.2. The molecule has 0 aliphatic carbocycles. The number of thiazole rings is 1. The first-order valence-electron chi connectivity index (χ1n) is 7.86. The van der Waals surface area contributed by atoms with Crippen LogP contribution in [0.15, 0.2) is 66.7 Å². The predicted molar refractivity (Wildman–Crippen MR) is 101 cm³/mol. The maximum absolute atomic E-state index is 13.2. The summed E-state index contributed by atoms with van der Waals surface area (Å²) in [5, 5.41) is 13.7. The fourth-order valence-electron chi connectivity index (χ4n) is 2.61. The van der Waals surface area contributed by atoms with E-state index in [4.69, 9.17) is 0 Å². The number of anilines is 1. The van der Waals surface area contributed by atoms with Crippen molar-refractivity contribution in [2.45, 2.75) is 0 Å². The van der Waals surface area contributed by atoms with Gasteiger partial charge in [-0.15, -0.1) is 11.3 Å². The molecule has 1 aromatic heterocycles. The summed E-state index contributed by atoms with van der Waals surface area (Å²) in [5.41, 5.74) is 2.09. The summed E-state index contributed by atoms with van der Waals surface area (Å²) in [5.74, 6) is -0.913. The second-order valence-electron chi connectivity index (χ2n) is 5.68. The molecule has 26 heavy (non-hydrogen) atoms. The molecule has 0 saturated carbocycles. The summed E-state index contributed by atoms with van der Waals surface area (Å²) in [6.07, 6.45) is 0. The van der Waals surface area contributed by atoms with Gasteiger partial charge in [0.15, 0.2) is 0 Å². The molecule has 0 radical (unpaired) electrons. The van der Waals surface area contributed by atoms with E-state index < -0.39 is 11.7 Å². The first-order chi connectivity index (χ1) is 12.6. The van der Waals surface area contributed by atoms with Crippen LogP contribution in [-0.2, 0) is 0 Å². The lowest BCUT2D eigenvalue weighted by atomic mass is 10.1. The topological polar surface area (TPSA) is 62.2 Å². The predicted octanol–water partition coefficient (Wildman–Crippen LogP) is 5.06. The number of hydrogen-bond acceptors (Lipinski definition) is 4. The van der Waals surface area contributed by atoms with Gasteiger partial charge in [-0.3, -0.25) is 4.79 Å². The Morgan fingerprint density at radius 2 is 1.88 bits per heavy atom. The van der Waals surface area contributed by atoms with Crippen LogP contribution in [0, 0.1) is 5.82 Å². The number of benzene rings is 3. The fraction of sp³-hybridized carbons (Fsp3) is 0. The standard InChI is InChI=1S/C20H13FN2O2S/c21-13-5-3-4-12(10-13)19(25)22-14-8-9-15(17(24)11-14)20-23-16-6-1-2-7-18(16)26-20/h1-11,24H,(H,22,25). The summed E-state index contributed by atoms with van der Waals surface area (Å²) < 4.78 is 14.3. The Bertz CT molecular complexity index is 1090. The van der Waals surface area contributed by atoms with Crippen LogP contribution in [0.1, 0.15) is 10.4 Å². The molecule has 0 bridgehead atoms. The SMILES string of the molecule is O=C(Nc1ccc(-c2nc3ccccc3s2)c(O)c1)c1cccc(F)c1. The average molecular weight is 364 g/mol. The number of rotatable bonds is 3. The van der Waals surface area contributed by atoms with Crippen LogP contribution in [0.25, 0.3) is 20.8 Å². The second kappa shape index (κ2) is 6.57. The van der Waals surface area contributed by atoms with Crippen molar-refractivity contribution in [2.75, 3.05) is 5.32 Å². The Morgan fingerprint density at radius 3 is 2.65 bits per heavy atom.